The summed E-state index contributed by atoms with van der Waals surface area (Å²) in [7, 11) is 0. The van der Waals surface area contributed by atoms with Crippen LogP contribution in [-0.2, 0) is 0 Å². The molecule has 0 saturated carbocycles. The predicted molar refractivity (Wildman–Crippen MR) is 207 cm³/mol. The molecule has 0 nitrogen and oxygen atoms in total. The number of hydrogen-bond acceptors (Lipinski definition) is 0. The Balaban J connectivity index is 0. The van der Waals surface area contributed by atoms with Crippen molar-refractivity contribution >= 4 is 0 Å². The molecule has 44 heavy (non-hydrogen) atoms. The van der Waals surface area contributed by atoms with Crippen LogP contribution in [0.15, 0.2) is 0 Å². The molecule has 0 radical (unpaired) electrons. The van der Waals surface area contributed by atoms with Crippen molar-refractivity contribution in [1.82, 2.24) is 0 Å². The van der Waals surface area contributed by atoms with Crippen molar-refractivity contribution in [2.45, 2.75) is 232 Å². The van der Waals surface area contributed by atoms with Crippen molar-refractivity contribution < 1.29 is 0 Å². The molecule has 0 heterocycles. The van der Waals surface area contributed by atoms with Crippen molar-refractivity contribution in [3.05, 3.63) is 0 Å². The summed E-state index contributed by atoms with van der Waals surface area (Å²) in [5.74, 6) is 7.10. The fraction of sp³-hybridized carbons (Fsp3) is 1.00. The van der Waals surface area contributed by atoms with Gasteiger partial charge in [-0.15, -0.1) is 0 Å². The first-order valence-corrected chi connectivity index (χ1v) is 20.6. The Morgan fingerprint density at radius 2 is 0.432 bits per heavy atom. The second kappa shape index (κ2) is 29.2. The summed E-state index contributed by atoms with van der Waals surface area (Å²) in [6.45, 7) is 33.2. The minimum atomic E-state index is 0.646. The SMILES string of the molecule is CC(C)CCCC(CCCC(C)C)(CCCC(C)C)CCCC(C)C.CC(C)CCCC(CCCC(C)C)CCCC(C)C. The van der Waals surface area contributed by atoms with Crippen LogP contribution in [0.25, 0.3) is 0 Å². The van der Waals surface area contributed by atoms with E-state index in [2.05, 4.69) is 96.9 Å². The molecule has 0 aliphatic carbocycles. The first-order valence-electron chi connectivity index (χ1n) is 20.6. The van der Waals surface area contributed by atoms with Crippen molar-refractivity contribution in [1.29, 1.82) is 0 Å². The van der Waals surface area contributed by atoms with Gasteiger partial charge in [0.2, 0.25) is 0 Å². The summed E-state index contributed by atoms with van der Waals surface area (Å²) < 4.78 is 0. The van der Waals surface area contributed by atoms with Gasteiger partial charge in [0, 0.05) is 0 Å². The lowest BCUT2D eigenvalue weighted by atomic mass is 9.70. The molecule has 0 saturated heterocycles. The number of hydrogen-bond donors (Lipinski definition) is 0. The average molecular weight is 621 g/mol. The second-order valence-corrected chi connectivity index (χ2v) is 18.5. The average Bonchev–Trinajstić information content (AvgIpc) is 2.87. The predicted octanol–water partition coefficient (Wildman–Crippen LogP) is 16.4. The van der Waals surface area contributed by atoms with Gasteiger partial charge in [-0.05, 0) is 78.4 Å². The molecule has 0 unspecified atom stereocenters. The molecule has 0 atom stereocenters. The minimum absolute atomic E-state index is 0.646. The van der Waals surface area contributed by atoms with Gasteiger partial charge in [-0.25, -0.2) is 0 Å². The molecule has 0 aliphatic heterocycles. The van der Waals surface area contributed by atoms with E-state index >= 15 is 0 Å². The van der Waals surface area contributed by atoms with Crippen LogP contribution in [0, 0.1) is 52.8 Å². The maximum atomic E-state index is 2.39. The molecule has 0 aromatic rings. The summed E-state index contributed by atoms with van der Waals surface area (Å²) in [4.78, 5) is 0. The van der Waals surface area contributed by atoms with Crippen LogP contribution < -0.4 is 0 Å². The summed E-state index contributed by atoms with van der Waals surface area (Å²) >= 11 is 0. The Kier molecular flexibility index (Phi) is 30.6. The van der Waals surface area contributed by atoms with E-state index in [0.717, 1.165) is 47.3 Å². The minimum Gasteiger partial charge on any atom is -0.0628 e. The highest BCUT2D eigenvalue weighted by Gasteiger charge is 2.28. The van der Waals surface area contributed by atoms with Gasteiger partial charge >= 0.3 is 0 Å². The zero-order chi connectivity index (χ0) is 34.0. The third-order valence-corrected chi connectivity index (χ3v) is 10.1. The largest absolute Gasteiger partial charge is 0.0628 e. The fourth-order valence-corrected chi connectivity index (χ4v) is 7.17. The van der Waals surface area contributed by atoms with Crippen LogP contribution in [0.2, 0.25) is 0 Å². The highest BCUT2D eigenvalue weighted by molar-refractivity contribution is 4.81. The van der Waals surface area contributed by atoms with Crippen molar-refractivity contribution in [3.63, 3.8) is 0 Å². The second-order valence-electron chi connectivity index (χ2n) is 18.5. The first kappa shape index (κ1) is 46.1. The molecule has 0 heteroatoms. The quantitative estimate of drug-likeness (QED) is 0.0816. The van der Waals surface area contributed by atoms with Gasteiger partial charge in [0.25, 0.3) is 0 Å². The molecule has 0 fully saturated rings. The Morgan fingerprint density at radius 3 is 0.614 bits per heavy atom. The summed E-state index contributed by atoms with van der Waals surface area (Å²) in [5, 5.41) is 0. The van der Waals surface area contributed by atoms with Crippen LogP contribution in [0.3, 0.4) is 0 Å². The Hall–Kier alpha value is 0. The van der Waals surface area contributed by atoms with E-state index in [1.54, 1.807) is 0 Å². The van der Waals surface area contributed by atoms with Crippen LogP contribution in [0.5, 0.6) is 0 Å². The molecule has 0 amide bonds. The highest BCUT2D eigenvalue weighted by Crippen LogP contribution is 2.42. The van der Waals surface area contributed by atoms with Crippen LogP contribution >= 0.6 is 0 Å². The lowest BCUT2D eigenvalue weighted by Crippen LogP contribution is -2.22. The fourth-order valence-electron chi connectivity index (χ4n) is 7.17. The molecule has 0 aliphatic rings. The van der Waals surface area contributed by atoms with Gasteiger partial charge in [0.1, 0.15) is 0 Å². The van der Waals surface area contributed by atoms with E-state index in [1.807, 2.05) is 0 Å². The standard InChI is InChI=1S/C25H52.C19H40/c1-21(2)13-9-17-25(18-10-14-22(3)4,19-11-15-23(5)6)20-12-16-24(7)8;1-16(2)10-7-13-19(14-8-11-17(3)4)15-9-12-18(5)6/h21-24H,9-20H2,1-8H3;16-19H,7-15H2,1-6H3. The maximum absolute atomic E-state index is 2.39. The van der Waals surface area contributed by atoms with Crippen LogP contribution in [-0.4, -0.2) is 0 Å². The molecule has 268 valence electrons. The topological polar surface area (TPSA) is 0 Å². The van der Waals surface area contributed by atoms with E-state index in [0.29, 0.717) is 5.41 Å². The lowest BCUT2D eigenvalue weighted by Gasteiger charge is -2.36. The van der Waals surface area contributed by atoms with Gasteiger partial charge in [0.15, 0.2) is 0 Å². The third kappa shape index (κ3) is 33.4. The Labute approximate surface area is 283 Å². The van der Waals surface area contributed by atoms with Gasteiger partial charge in [-0.1, -0.05) is 206 Å². The van der Waals surface area contributed by atoms with Gasteiger partial charge < -0.3 is 0 Å². The summed E-state index contributed by atoms with van der Waals surface area (Å²) in [5.41, 5.74) is 0.646. The molecule has 0 aromatic carbocycles. The molecule has 0 N–H and O–H groups in total. The van der Waals surface area contributed by atoms with E-state index in [1.165, 1.54) is 135 Å². The monoisotopic (exact) mass is 621 g/mol. The zero-order valence-electron chi connectivity index (χ0n) is 34.0. The highest BCUT2D eigenvalue weighted by atomic mass is 14.3. The van der Waals surface area contributed by atoms with E-state index in [4.69, 9.17) is 0 Å². The van der Waals surface area contributed by atoms with E-state index < -0.39 is 0 Å². The summed E-state index contributed by atoms with van der Waals surface area (Å²) in [6.07, 6.45) is 30.5. The normalized spacial score (nSPS) is 12.7. The smallest absolute Gasteiger partial charge is 0.0297 e. The van der Waals surface area contributed by atoms with Crippen molar-refractivity contribution in [2.75, 3.05) is 0 Å². The Bertz CT molecular complexity index is 468. The van der Waals surface area contributed by atoms with Crippen molar-refractivity contribution in [3.8, 4) is 0 Å². The lowest BCUT2D eigenvalue weighted by molar-refractivity contribution is 0.164. The van der Waals surface area contributed by atoms with Crippen LogP contribution in [0.1, 0.15) is 232 Å². The van der Waals surface area contributed by atoms with Gasteiger partial charge in [0.05, 0.1) is 0 Å². The first-order chi connectivity index (χ1) is 20.6. The van der Waals surface area contributed by atoms with Gasteiger partial charge in [-0.2, -0.15) is 0 Å². The molecule has 0 aromatic heterocycles. The van der Waals surface area contributed by atoms with Gasteiger partial charge in [-0.3, -0.25) is 0 Å². The van der Waals surface area contributed by atoms with E-state index in [-0.39, 0.29) is 0 Å². The molecular weight excluding hydrogens is 528 g/mol. The maximum Gasteiger partial charge on any atom is -0.0297 e. The van der Waals surface area contributed by atoms with Crippen LogP contribution in [0.4, 0.5) is 0 Å². The van der Waals surface area contributed by atoms with E-state index in [9.17, 15) is 0 Å². The molecular formula is C44H92. The number of rotatable bonds is 28. The summed E-state index contributed by atoms with van der Waals surface area (Å²) in [6, 6.07) is 0. The molecule has 0 rings (SSSR count). The zero-order valence-corrected chi connectivity index (χ0v) is 34.0. The molecule has 0 spiro atoms. The van der Waals surface area contributed by atoms with Crippen molar-refractivity contribution in [2.24, 2.45) is 52.8 Å². The third-order valence-electron chi connectivity index (χ3n) is 10.1. The molecule has 0 bridgehead atoms. The Morgan fingerprint density at radius 1 is 0.250 bits per heavy atom.